The summed E-state index contributed by atoms with van der Waals surface area (Å²) in [6.45, 7) is 0. The van der Waals surface area contributed by atoms with Crippen molar-refractivity contribution in [2.45, 2.75) is 31.4 Å². The van der Waals surface area contributed by atoms with Gasteiger partial charge in [0.1, 0.15) is 9.71 Å². The molecule has 5 nitrogen and oxygen atoms in total. The van der Waals surface area contributed by atoms with Crippen molar-refractivity contribution in [2.75, 3.05) is 12.8 Å². The van der Waals surface area contributed by atoms with Gasteiger partial charge >= 0.3 is 0 Å². The van der Waals surface area contributed by atoms with Gasteiger partial charge in [-0.25, -0.2) is 4.98 Å². The van der Waals surface area contributed by atoms with E-state index in [2.05, 4.69) is 10.3 Å². The molecule has 106 valence electrons. The summed E-state index contributed by atoms with van der Waals surface area (Å²) in [4.78, 5) is 17.9. The minimum Gasteiger partial charge on any atom is -0.397 e. The Morgan fingerprint density at radius 3 is 3.10 bits per heavy atom. The fraction of sp³-hybridized carbons (Fsp3) is 0.429. The molecule has 1 aliphatic rings. The fourth-order valence-electron chi connectivity index (χ4n) is 2.66. The molecule has 3 N–H and O–H groups in total. The molecule has 3 rings (SSSR count). The van der Waals surface area contributed by atoms with Crippen LogP contribution >= 0.6 is 11.3 Å². The van der Waals surface area contributed by atoms with Gasteiger partial charge in [-0.15, -0.1) is 11.3 Å². The number of nitrogens with zero attached hydrogens (tertiary/aromatic N) is 1. The summed E-state index contributed by atoms with van der Waals surface area (Å²) in [5.74, 6) is -0.104. The number of pyridine rings is 1. The summed E-state index contributed by atoms with van der Waals surface area (Å²) in [6, 6.07) is 3.89. The predicted molar refractivity (Wildman–Crippen MR) is 79.9 cm³/mol. The number of anilines is 1. The Bertz CT molecular complexity index is 640. The summed E-state index contributed by atoms with van der Waals surface area (Å²) >= 11 is 1.34. The van der Waals surface area contributed by atoms with Crippen molar-refractivity contribution in [3.05, 3.63) is 23.2 Å². The standard InChI is InChI=1S/C14H17N3O2S/c1-19-9-5-4-8(7-9)17-13(18)12-11(15)10-3-2-6-16-14(10)20-12/h2-3,6,8-9H,4-5,7,15H2,1H3,(H,17,18). The Morgan fingerprint density at radius 1 is 1.55 bits per heavy atom. The third kappa shape index (κ3) is 2.36. The number of hydrogen-bond donors (Lipinski definition) is 2. The lowest BCUT2D eigenvalue weighted by atomic mass is 10.2. The van der Waals surface area contributed by atoms with Crippen LogP contribution in [0, 0.1) is 0 Å². The maximum atomic E-state index is 12.3. The Hall–Kier alpha value is -1.66. The molecule has 0 bridgehead atoms. The molecule has 2 aromatic rings. The van der Waals surface area contributed by atoms with E-state index in [1.807, 2.05) is 12.1 Å². The van der Waals surface area contributed by atoms with E-state index in [1.54, 1.807) is 13.3 Å². The van der Waals surface area contributed by atoms with Gasteiger partial charge in [-0.2, -0.15) is 0 Å². The van der Waals surface area contributed by atoms with Crippen LogP contribution in [0.15, 0.2) is 18.3 Å². The lowest BCUT2D eigenvalue weighted by Gasteiger charge is -2.12. The lowest BCUT2D eigenvalue weighted by molar-refractivity contribution is 0.0919. The Labute approximate surface area is 121 Å². The molecule has 2 atom stereocenters. The molecular formula is C14H17N3O2S. The lowest BCUT2D eigenvalue weighted by Crippen LogP contribution is -2.33. The number of carbonyl (C=O) groups excluding carboxylic acids is 1. The van der Waals surface area contributed by atoms with E-state index in [4.69, 9.17) is 10.5 Å². The average Bonchev–Trinajstić information content (AvgIpc) is 3.04. The number of amides is 1. The van der Waals surface area contributed by atoms with Gasteiger partial charge in [0.15, 0.2) is 0 Å². The van der Waals surface area contributed by atoms with E-state index < -0.39 is 0 Å². The number of aromatic nitrogens is 1. The van der Waals surface area contributed by atoms with Gasteiger partial charge in [-0.1, -0.05) is 0 Å². The van der Waals surface area contributed by atoms with E-state index in [0.29, 0.717) is 10.6 Å². The second-order valence-electron chi connectivity index (χ2n) is 5.04. The molecule has 0 radical (unpaired) electrons. The molecule has 2 heterocycles. The number of nitrogens with two attached hydrogens (primary N) is 1. The van der Waals surface area contributed by atoms with Crippen molar-refractivity contribution in [3.63, 3.8) is 0 Å². The van der Waals surface area contributed by atoms with E-state index in [1.165, 1.54) is 11.3 Å². The third-order valence-corrected chi connectivity index (χ3v) is 4.89. The van der Waals surface area contributed by atoms with Crippen molar-refractivity contribution < 1.29 is 9.53 Å². The van der Waals surface area contributed by atoms with E-state index >= 15 is 0 Å². The molecule has 1 fully saturated rings. The SMILES string of the molecule is COC1CCC(NC(=O)c2sc3ncccc3c2N)C1. The maximum Gasteiger partial charge on any atom is 0.263 e. The monoisotopic (exact) mass is 291 g/mol. The minimum absolute atomic E-state index is 0.104. The molecular weight excluding hydrogens is 274 g/mol. The van der Waals surface area contributed by atoms with Crippen LogP contribution in [-0.4, -0.2) is 30.1 Å². The zero-order valence-electron chi connectivity index (χ0n) is 11.3. The topological polar surface area (TPSA) is 77.2 Å². The predicted octanol–water partition coefficient (Wildman–Crippen LogP) is 2.18. The zero-order chi connectivity index (χ0) is 14.1. The zero-order valence-corrected chi connectivity index (χ0v) is 12.1. The Balaban J connectivity index is 1.77. The Kier molecular flexibility index (Phi) is 3.58. The van der Waals surface area contributed by atoms with Crippen LogP contribution in [0.2, 0.25) is 0 Å². The first-order chi connectivity index (χ1) is 9.69. The molecule has 20 heavy (non-hydrogen) atoms. The van der Waals surface area contributed by atoms with Crippen molar-refractivity contribution in [3.8, 4) is 0 Å². The molecule has 2 aromatic heterocycles. The van der Waals surface area contributed by atoms with Crippen LogP contribution < -0.4 is 11.1 Å². The van der Waals surface area contributed by atoms with Gasteiger partial charge in [0.05, 0.1) is 11.8 Å². The average molecular weight is 291 g/mol. The minimum atomic E-state index is -0.104. The van der Waals surface area contributed by atoms with Crippen molar-refractivity contribution in [1.29, 1.82) is 0 Å². The molecule has 6 heteroatoms. The highest BCUT2D eigenvalue weighted by Crippen LogP contribution is 2.32. The first-order valence-corrected chi connectivity index (χ1v) is 7.47. The van der Waals surface area contributed by atoms with Crippen molar-refractivity contribution in [1.82, 2.24) is 10.3 Å². The van der Waals surface area contributed by atoms with Gasteiger partial charge in [-0.3, -0.25) is 4.79 Å². The fourth-order valence-corrected chi connectivity index (χ4v) is 3.62. The molecule has 1 aliphatic carbocycles. The summed E-state index contributed by atoms with van der Waals surface area (Å²) in [5, 5.41) is 3.90. The van der Waals surface area contributed by atoms with Crippen molar-refractivity contribution >= 4 is 33.1 Å². The number of methoxy groups -OCH3 is 1. The number of nitrogens with one attached hydrogen (secondary N) is 1. The van der Waals surface area contributed by atoms with E-state index in [-0.39, 0.29) is 18.1 Å². The van der Waals surface area contributed by atoms with Crippen LogP contribution in [0.25, 0.3) is 10.2 Å². The van der Waals surface area contributed by atoms with Gasteiger partial charge in [-0.05, 0) is 31.4 Å². The van der Waals surface area contributed by atoms with Crippen LogP contribution in [0.4, 0.5) is 5.69 Å². The summed E-state index contributed by atoms with van der Waals surface area (Å²) in [6.07, 6.45) is 4.77. The van der Waals surface area contributed by atoms with Crippen LogP contribution in [0.1, 0.15) is 28.9 Å². The molecule has 0 aromatic carbocycles. The molecule has 1 amide bonds. The number of hydrogen-bond acceptors (Lipinski definition) is 5. The largest absolute Gasteiger partial charge is 0.397 e. The summed E-state index contributed by atoms with van der Waals surface area (Å²) in [7, 11) is 1.71. The summed E-state index contributed by atoms with van der Waals surface area (Å²) < 4.78 is 5.32. The van der Waals surface area contributed by atoms with Crippen LogP contribution in [0.5, 0.6) is 0 Å². The summed E-state index contributed by atoms with van der Waals surface area (Å²) in [5.41, 5.74) is 6.58. The van der Waals surface area contributed by atoms with Gasteiger partial charge in [0.2, 0.25) is 0 Å². The van der Waals surface area contributed by atoms with Crippen LogP contribution in [0.3, 0.4) is 0 Å². The normalized spacial score (nSPS) is 22.2. The number of fused-ring (bicyclic) bond motifs is 1. The van der Waals surface area contributed by atoms with Gasteiger partial charge in [0, 0.05) is 24.7 Å². The second-order valence-corrected chi connectivity index (χ2v) is 6.04. The molecule has 2 unspecified atom stereocenters. The molecule has 0 saturated heterocycles. The Morgan fingerprint density at radius 2 is 2.40 bits per heavy atom. The van der Waals surface area contributed by atoms with Gasteiger partial charge in [0.25, 0.3) is 5.91 Å². The molecule has 0 aliphatic heterocycles. The van der Waals surface area contributed by atoms with Crippen molar-refractivity contribution in [2.24, 2.45) is 0 Å². The number of thiophene rings is 1. The highest BCUT2D eigenvalue weighted by molar-refractivity contribution is 7.21. The first-order valence-electron chi connectivity index (χ1n) is 6.65. The molecule has 1 saturated carbocycles. The smallest absolute Gasteiger partial charge is 0.263 e. The van der Waals surface area contributed by atoms with E-state index in [9.17, 15) is 4.79 Å². The van der Waals surface area contributed by atoms with Crippen LogP contribution in [-0.2, 0) is 4.74 Å². The quantitative estimate of drug-likeness (QED) is 0.908. The second kappa shape index (κ2) is 5.38. The number of nitrogen functional groups attached to an aromatic ring is 1. The maximum absolute atomic E-state index is 12.3. The highest BCUT2D eigenvalue weighted by Gasteiger charge is 2.27. The number of carbonyl (C=O) groups is 1. The highest BCUT2D eigenvalue weighted by atomic mass is 32.1. The number of ether oxygens (including phenoxy) is 1. The third-order valence-electron chi connectivity index (χ3n) is 3.76. The van der Waals surface area contributed by atoms with Gasteiger partial charge < -0.3 is 15.8 Å². The number of rotatable bonds is 3. The first kappa shape index (κ1) is 13.3. The van der Waals surface area contributed by atoms with E-state index in [0.717, 1.165) is 29.5 Å². The molecule has 0 spiro atoms.